The molecule has 6 nitrogen and oxygen atoms in total. The van der Waals surface area contributed by atoms with Gasteiger partial charge in [-0.1, -0.05) is 65.3 Å². The topological polar surface area (TPSA) is 82.5 Å². The first-order chi connectivity index (χ1) is 15.6. The number of nitrogens with one attached hydrogen (secondary N) is 1. The molecule has 1 aromatic heterocycles. The molecule has 2 aromatic rings. The van der Waals surface area contributed by atoms with Crippen molar-refractivity contribution in [2.45, 2.75) is 73.5 Å². The Balaban J connectivity index is 0.000000524. The van der Waals surface area contributed by atoms with Gasteiger partial charge in [0.05, 0.1) is 22.2 Å². The van der Waals surface area contributed by atoms with E-state index in [1.165, 1.54) is 22.4 Å². The van der Waals surface area contributed by atoms with Gasteiger partial charge in [0.2, 0.25) is 5.91 Å². The molecule has 0 aliphatic carbocycles. The Morgan fingerprint density at radius 2 is 1.82 bits per heavy atom. The van der Waals surface area contributed by atoms with Gasteiger partial charge in [-0.2, -0.15) is 0 Å². The summed E-state index contributed by atoms with van der Waals surface area (Å²) in [6.45, 7) is 16.6. The Bertz CT molecular complexity index is 785. The molecule has 2 N–H and O–H groups in total. The zero-order valence-electron chi connectivity index (χ0n) is 21.5. The molecular formula is C26H43N3O3S. The van der Waals surface area contributed by atoms with E-state index >= 15 is 0 Å². The van der Waals surface area contributed by atoms with E-state index in [0.29, 0.717) is 13.0 Å². The summed E-state index contributed by atoms with van der Waals surface area (Å²) in [6, 6.07) is 8.64. The number of rotatable bonds is 4. The highest BCUT2D eigenvalue weighted by Gasteiger charge is 2.27. The Hall–Kier alpha value is -2.09. The molecule has 1 aliphatic rings. The number of carbonyl (C=O) groups is 2. The van der Waals surface area contributed by atoms with Crippen LogP contribution in [0.2, 0.25) is 0 Å². The van der Waals surface area contributed by atoms with Gasteiger partial charge in [-0.25, -0.2) is 4.98 Å². The fourth-order valence-corrected chi connectivity index (χ4v) is 3.90. The van der Waals surface area contributed by atoms with E-state index in [1.54, 1.807) is 16.2 Å². The molecule has 0 bridgehead atoms. The average molecular weight is 478 g/mol. The number of aliphatic hydroxyl groups excluding tert-OH is 1. The lowest BCUT2D eigenvalue weighted by Crippen LogP contribution is -2.32. The van der Waals surface area contributed by atoms with Crippen LogP contribution in [0.25, 0.3) is 10.4 Å². The van der Waals surface area contributed by atoms with Gasteiger partial charge >= 0.3 is 0 Å². The molecule has 2 heterocycles. The third-order valence-electron chi connectivity index (χ3n) is 4.54. The first kappa shape index (κ1) is 30.9. The maximum absolute atomic E-state index is 11.6. The summed E-state index contributed by atoms with van der Waals surface area (Å²) < 4.78 is 0. The number of hydrogen-bond acceptors (Lipinski definition) is 6. The Labute approximate surface area is 204 Å². The monoisotopic (exact) mass is 477 g/mol. The van der Waals surface area contributed by atoms with Crippen molar-refractivity contribution in [3.05, 3.63) is 41.0 Å². The molecule has 1 aromatic carbocycles. The number of carbonyl (C=O) groups excluding carboxylic acids is 2. The largest absolute Gasteiger partial charge is 0.391 e. The van der Waals surface area contributed by atoms with Crippen LogP contribution < -0.4 is 5.32 Å². The Kier molecular flexibility index (Phi) is 15.5. The van der Waals surface area contributed by atoms with Gasteiger partial charge in [0.1, 0.15) is 6.79 Å². The fraction of sp³-hybridized carbons (Fsp3) is 0.577. The van der Waals surface area contributed by atoms with E-state index in [2.05, 4.69) is 69.2 Å². The standard InChI is InChI=1S/C12H14N2S.C10H19NO2.C3H8.CH2O/c1-9-12(15-8-14-9)11-5-3-10(4-6-11)7-13-2;1-10(2,3)6-9(13)11-5-4-8(12)7-11;1-3-2;1-2/h3-6,8,13H,7H2,1-2H3;8,12H,4-7H2,1-3H3;3H2,1-2H3;1H2. The molecule has 0 saturated carbocycles. The molecule has 3 rings (SSSR count). The Morgan fingerprint density at radius 3 is 2.21 bits per heavy atom. The van der Waals surface area contributed by atoms with Crippen molar-refractivity contribution in [2.24, 2.45) is 5.41 Å². The van der Waals surface area contributed by atoms with Crippen LogP contribution >= 0.6 is 11.3 Å². The molecule has 7 heteroatoms. The van der Waals surface area contributed by atoms with Crippen LogP contribution in [0.5, 0.6) is 0 Å². The van der Waals surface area contributed by atoms with E-state index in [1.807, 2.05) is 26.3 Å². The molecular weight excluding hydrogens is 434 g/mol. The van der Waals surface area contributed by atoms with Gasteiger partial charge in [0.15, 0.2) is 0 Å². The van der Waals surface area contributed by atoms with Crippen molar-refractivity contribution in [1.29, 1.82) is 0 Å². The second-order valence-electron chi connectivity index (χ2n) is 9.22. The van der Waals surface area contributed by atoms with E-state index in [9.17, 15) is 9.90 Å². The van der Waals surface area contributed by atoms with Gasteiger partial charge < -0.3 is 20.1 Å². The maximum atomic E-state index is 11.6. The molecule has 1 atom stereocenters. The SMILES string of the molecule is C=O.CC(C)(C)CC(=O)N1CCC(O)C1.CCC.CNCc1ccc(-c2scnc2C)cc1. The number of aromatic nitrogens is 1. The first-order valence-electron chi connectivity index (χ1n) is 11.5. The van der Waals surface area contributed by atoms with Crippen molar-refractivity contribution in [2.75, 3.05) is 20.1 Å². The fourth-order valence-electron chi connectivity index (χ4n) is 3.09. The van der Waals surface area contributed by atoms with Crippen molar-refractivity contribution in [3.8, 4) is 10.4 Å². The second-order valence-corrected chi connectivity index (χ2v) is 10.1. The number of aryl methyl sites for hydroxylation is 1. The number of amides is 1. The maximum Gasteiger partial charge on any atom is 0.223 e. The number of aliphatic hydroxyl groups is 1. The van der Waals surface area contributed by atoms with E-state index < -0.39 is 0 Å². The van der Waals surface area contributed by atoms with Crippen molar-refractivity contribution >= 4 is 24.0 Å². The van der Waals surface area contributed by atoms with Gasteiger partial charge in [0, 0.05) is 26.1 Å². The predicted octanol–water partition coefficient (Wildman–Crippen LogP) is 5.09. The van der Waals surface area contributed by atoms with Crippen LogP contribution in [0.15, 0.2) is 29.8 Å². The third kappa shape index (κ3) is 12.7. The van der Waals surface area contributed by atoms with Crippen LogP contribution in [-0.2, 0) is 16.1 Å². The molecule has 0 spiro atoms. The lowest BCUT2D eigenvalue weighted by Gasteiger charge is -2.22. The van der Waals surface area contributed by atoms with Crippen LogP contribution in [-0.4, -0.2) is 53.9 Å². The summed E-state index contributed by atoms with van der Waals surface area (Å²) in [5.41, 5.74) is 5.62. The number of hydrogen-bond donors (Lipinski definition) is 2. The number of likely N-dealkylation sites (tertiary alicyclic amines) is 1. The van der Waals surface area contributed by atoms with Crippen molar-refractivity contribution in [1.82, 2.24) is 15.2 Å². The third-order valence-corrected chi connectivity index (χ3v) is 5.52. The predicted molar refractivity (Wildman–Crippen MR) is 139 cm³/mol. The van der Waals surface area contributed by atoms with E-state index in [4.69, 9.17) is 4.79 Å². The lowest BCUT2D eigenvalue weighted by molar-refractivity contribution is -0.132. The van der Waals surface area contributed by atoms with Gasteiger partial charge in [-0.05, 0) is 36.9 Å². The minimum Gasteiger partial charge on any atom is -0.391 e. The minimum atomic E-state index is -0.302. The summed E-state index contributed by atoms with van der Waals surface area (Å²) in [7, 11) is 1.96. The van der Waals surface area contributed by atoms with Gasteiger partial charge in [-0.15, -0.1) is 11.3 Å². The summed E-state index contributed by atoms with van der Waals surface area (Å²) in [6.07, 6.45) is 2.25. The summed E-state index contributed by atoms with van der Waals surface area (Å²) in [4.78, 5) is 26.9. The lowest BCUT2D eigenvalue weighted by atomic mass is 9.92. The molecule has 1 unspecified atom stereocenters. The normalized spacial score (nSPS) is 14.8. The van der Waals surface area contributed by atoms with Gasteiger partial charge in [-0.3, -0.25) is 4.79 Å². The van der Waals surface area contributed by atoms with E-state index in [-0.39, 0.29) is 17.4 Å². The number of nitrogens with zero attached hydrogens (tertiary/aromatic N) is 2. The number of thiazole rings is 1. The van der Waals surface area contributed by atoms with Crippen molar-refractivity contribution < 1.29 is 14.7 Å². The highest BCUT2D eigenvalue weighted by atomic mass is 32.1. The number of β-amino-alcohol motifs (C(OH)–C–C–N with tert-alkyl or cyclic N) is 1. The highest BCUT2D eigenvalue weighted by Crippen LogP contribution is 2.27. The molecule has 1 saturated heterocycles. The molecule has 186 valence electrons. The molecule has 1 amide bonds. The van der Waals surface area contributed by atoms with Crippen LogP contribution in [0.3, 0.4) is 0 Å². The minimum absolute atomic E-state index is 0.0463. The zero-order valence-corrected chi connectivity index (χ0v) is 22.3. The molecule has 1 fully saturated rings. The van der Waals surface area contributed by atoms with Crippen LogP contribution in [0.1, 0.15) is 65.1 Å². The average Bonchev–Trinajstić information content (AvgIpc) is 3.39. The molecule has 33 heavy (non-hydrogen) atoms. The van der Waals surface area contributed by atoms with Crippen molar-refractivity contribution in [3.63, 3.8) is 0 Å². The van der Waals surface area contributed by atoms with E-state index in [0.717, 1.165) is 25.2 Å². The summed E-state index contributed by atoms with van der Waals surface area (Å²) >= 11 is 1.70. The molecule has 1 aliphatic heterocycles. The van der Waals surface area contributed by atoms with Crippen LogP contribution in [0.4, 0.5) is 0 Å². The second kappa shape index (κ2) is 16.5. The highest BCUT2D eigenvalue weighted by molar-refractivity contribution is 7.13. The molecule has 0 radical (unpaired) electrons. The smallest absolute Gasteiger partial charge is 0.223 e. The quantitative estimate of drug-likeness (QED) is 0.641. The first-order valence-corrected chi connectivity index (χ1v) is 12.4. The Morgan fingerprint density at radius 1 is 1.24 bits per heavy atom. The van der Waals surface area contributed by atoms with Crippen LogP contribution in [0, 0.1) is 12.3 Å². The van der Waals surface area contributed by atoms with Gasteiger partial charge in [0.25, 0.3) is 0 Å². The number of benzene rings is 1. The zero-order chi connectivity index (χ0) is 25.4. The summed E-state index contributed by atoms with van der Waals surface area (Å²) in [5, 5.41) is 12.4. The summed E-state index contributed by atoms with van der Waals surface area (Å²) in [5.74, 6) is 0.170.